The summed E-state index contributed by atoms with van der Waals surface area (Å²) in [5.74, 6) is -0.797. The number of nitrogens with zero attached hydrogens (tertiary/aromatic N) is 3. The Balaban J connectivity index is 1.24. The zero-order valence-corrected chi connectivity index (χ0v) is 17.3. The number of H-pyrrole nitrogens is 1. The Hall–Kier alpha value is -3.14. The molecule has 1 aromatic carbocycles. The van der Waals surface area contributed by atoms with Gasteiger partial charge in [0.1, 0.15) is 5.82 Å². The minimum Gasteiger partial charge on any atom is -0.380 e. The number of carbonyl (C=O) groups excluding carboxylic acids is 1. The molecule has 2 fully saturated rings. The van der Waals surface area contributed by atoms with Crippen LogP contribution >= 0.6 is 0 Å². The molecule has 2 N–H and O–H groups in total. The number of carbonyl (C=O) groups is 1. The third-order valence-electron chi connectivity index (χ3n) is 6.38. The van der Waals surface area contributed by atoms with Crippen molar-refractivity contribution in [2.24, 2.45) is 5.41 Å². The average molecular weight is 445 g/mol. The molecule has 1 atom stereocenters. The predicted octanol–water partition coefficient (Wildman–Crippen LogP) is 4.31. The summed E-state index contributed by atoms with van der Waals surface area (Å²) in [6.07, 6.45) is 2.31. The lowest BCUT2D eigenvalue weighted by Crippen LogP contribution is -2.51. The van der Waals surface area contributed by atoms with E-state index < -0.39 is 23.7 Å². The summed E-state index contributed by atoms with van der Waals surface area (Å²) in [5, 5.41) is 14.1. The molecule has 1 saturated carbocycles. The molecule has 0 unspecified atom stereocenters. The van der Waals surface area contributed by atoms with Gasteiger partial charge in [-0.15, -0.1) is 0 Å². The summed E-state index contributed by atoms with van der Waals surface area (Å²) in [6, 6.07) is 4.92. The number of aromatic nitrogens is 4. The van der Waals surface area contributed by atoms with E-state index >= 15 is 0 Å². The van der Waals surface area contributed by atoms with Gasteiger partial charge in [0.25, 0.3) is 6.43 Å². The second-order valence-electron chi connectivity index (χ2n) is 8.78. The maximum absolute atomic E-state index is 13.7. The number of hydrogen-bond acceptors (Lipinski definition) is 4. The van der Waals surface area contributed by atoms with Crippen LogP contribution in [-0.2, 0) is 9.53 Å². The molecule has 1 amide bonds. The van der Waals surface area contributed by atoms with Gasteiger partial charge in [0.2, 0.25) is 5.91 Å². The van der Waals surface area contributed by atoms with Crippen molar-refractivity contribution in [2.45, 2.75) is 38.0 Å². The number of halogens is 3. The molecule has 5 rings (SSSR count). The number of aromatic amines is 1. The molecule has 168 valence electrons. The lowest BCUT2D eigenvalue weighted by atomic mass is 9.60. The largest absolute Gasteiger partial charge is 0.380 e. The van der Waals surface area contributed by atoms with Gasteiger partial charge in [0.05, 0.1) is 31.0 Å². The van der Waals surface area contributed by atoms with Crippen LogP contribution in [0.4, 0.5) is 19.0 Å². The first-order valence-electron chi connectivity index (χ1n) is 10.4. The first kappa shape index (κ1) is 20.7. The summed E-state index contributed by atoms with van der Waals surface area (Å²) < 4.78 is 46.2. The van der Waals surface area contributed by atoms with Crippen molar-refractivity contribution in [3.05, 3.63) is 59.3 Å². The molecule has 32 heavy (non-hydrogen) atoms. The van der Waals surface area contributed by atoms with E-state index in [-0.39, 0.29) is 11.6 Å². The molecule has 2 aliphatic rings. The van der Waals surface area contributed by atoms with Crippen LogP contribution in [0.3, 0.4) is 0 Å². The van der Waals surface area contributed by atoms with E-state index in [1.807, 2.05) is 6.07 Å². The highest BCUT2D eigenvalue weighted by Crippen LogP contribution is 2.54. The fraction of sp³-hybridized carbons (Fsp3) is 0.409. The third-order valence-corrected chi connectivity index (χ3v) is 6.38. The summed E-state index contributed by atoms with van der Waals surface area (Å²) in [6.45, 7) is 3.35. The monoisotopic (exact) mass is 445 g/mol. The molecule has 3 aromatic rings. The number of benzene rings is 1. The number of alkyl halides is 2. The van der Waals surface area contributed by atoms with Crippen molar-refractivity contribution in [2.75, 3.05) is 18.5 Å². The summed E-state index contributed by atoms with van der Waals surface area (Å²) in [5.41, 5.74) is 1.63. The fourth-order valence-electron chi connectivity index (χ4n) is 4.38. The van der Waals surface area contributed by atoms with Gasteiger partial charge in [0, 0.05) is 40.4 Å². The van der Waals surface area contributed by atoms with Crippen LogP contribution in [-0.4, -0.2) is 39.1 Å². The first-order chi connectivity index (χ1) is 15.3. The summed E-state index contributed by atoms with van der Waals surface area (Å²) in [7, 11) is 0. The fourth-order valence-corrected chi connectivity index (χ4v) is 4.38. The number of nitrogens with one attached hydrogen (secondary N) is 2. The summed E-state index contributed by atoms with van der Waals surface area (Å²) in [4.78, 5) is 12.7. The summed E-state index contributed by atoms with van der Waals surface area (Å²) >= 11 is 0. The standard InChI is InChI=1S/C22H22F3N5O2/c1-12(15-8-26-30(9-15)17-3-13(20(24)25)2-16(23)4-17)21(31)27-19-5-18(28-29-19)14-6-22(7-14)10-32-11-22/h2-5,8-9,12,14,20H,6-7,10-11H2,1H3,(H2,27,28,29,31)/t12-/m1/s1. The van der Waals surface area contributed by atoms with Gasteiger partial charge >= 0.3 is 0 Å². The Morgan fingerprint density at radius 3 is 2.72 bits per heavy atom. The number of hydrogen-bond donors (Lipinski definition) is 2. The first-order valence-corrected chi connectivity index (χ1v) is 10.4. The molecule has 1 aliphatic heterocycles. The van der Waals surface area contributed by atoms with Gasteiger partial charge < -0.3 is 10.1 Å². The van der Waals surface area contributed by atoms with Gasteiger partial charge in [-0.25, -0.2) is 17.9 Å². The van der Waals surface area contributed by atoms with Gasteiger partial charge in [-0.05, 0) is 38.0 Å². The van der Waals surface area contributed by atoms with Crippen molar-refractivity contribution >= 4 is 11.7 Å². The van der Waals surface area contributed by atoms with Crippen molar-refractivity contribution in [1.29, 1.82) is 0 Å². The molecular formula is C22H22F3N5O2. The lowest BCUT2D eigenvalue weighted by molar-refractivity contribution is -0.164. The topological polar surface area (TPSA) is 84.8 Å². The molecule has 1 aliphatic carbocycles. The lowest BCUT2D eigenvalue weighted by Gasteiger charge is -2.53. The number of amides is 1. The minimum absolute atomic E-state index is 0.159. The van der Waals surface area contributed by atoms with Crippen molar-refractivity contribution < 1.29 is 22.7 Å². The second kappa shape index (κ2) is 7.77. The molecule has 0 radical (unpaired) electrons. The van der Waals surface area contributed by atoms with Crippen LogP contribution in [0.15, 0.2) is 36.7 Å². The van der Waals surface area contributed by atoms with E-state index in [2.05, 4.69) is 20.6 Å². The van der Waals surface area contributed by atoms with Crippen LogP contribution in [0.25, 0.3) is 5.69 Å². The average Bonchev–Trinajstić information content (AvgIpc) is 3.35. The molecule has 10 heteroatoms. The quantitative estimate of drug-likeness (QED) is 0.592. The van der Waals surface area contributed by atoms with E-state index in [9.17, 15) is 18.0 Å². The van der Waals surface area contributed by atoms with E-state index in [0.717, 1.165) is 43.9 Å². The number of anilines is 1. The Morgan fingerprint density at radius 2 is 2.03 bits per heavy atom. The molecule has 1 spiro atoms. The van der Waals surface area contributed by atoms with Crippen LogP contribution in [0.1, 0.15) is 54.8 Å². The van der Waals surface area contributed by atoms with Gasteiger partial charge in [-0.2, -0.15) is 10.2 Å². The molecule has 1 saturated heterocycles. The number of rotatable bonds is 6. The van der Waals surface area contributed by atoms with Crippen LogP contribution in [0, 0.1) is 11.2 Å². The molecule has 3 heterocycles. The highest BCUT2D eigenvalue weighted by Gasteiger charge is 2.50. The van der Waals surface area contributed by atoms with Crippen molar-refractivity contribution in [3.8, 4) is 5.69 Å². The molecular weight excluding hydrogens is 423 g/mol. The van der Waals surface area contributed by atoms with Crippen LogP contribution < -0.4 is 5.32 Å². The third kappa shape index (κ3) is 3.79. The van der Waals surface area contributed by atoms with E-state index in [4.69, 9.17) is 4.74 Å². The maximum Gasteiger partial charge on any atom is 0.264 e. The second-order valence-corrected chi connectivity index (χ2v) is 8.78. The van der Waals surface area contributed by atoms with Crippen molar-refractivity contribution in [1.82, 2.24) is 20.0 Å². The predicted molar refractivity (Wildman–Crippen MR) is 109 cm³/mol. The van der Waals surface area contributed by atoms with E-state index in [0.29, 0.717) is 22.7 Å². The smallest absolute Gasteiger partial charge is 0.264 e. The van der Waals surface area contributed by atoms with Crippen molar-refractivity contribution in [3.63, 3.8) is 0 Å². The highest BCUT2D eigenvalue weighted by molar-refractivity contribution is 5.94. The molecule has 2 aromatic heterocycles. The normalized spacial score (nSPS) is 18.4. The number of ether oxygens (including phenoxy) is 1. The molecule has 7 nitrogen and oxygen atoms in total. The van der Waals surface area contributed by atoms with Crippen LogP contribution in [0.2, 0.25) is 0 Å². The zero-order valence-electron chi connectivity index (χ0n) is 17.3. The van der Waals surface area contributed by atoms with Gasteiger partial charge in [-0.1, -0.05) is 0 Å². The maximum atomic E-state index is 13.7. The Labute approximate surface area is 182 Å². The Morgan fingerprint density at radius 1 is 1.25 bits per heavy atom. The van der Waals surface area contributed by atoms with E-state index in [1.165, 1.54) is 23.1 Å². The highest BCUT2D eigenvalue weighted by atomic mass is 19.3. The Kier molecular flexibility index (Phi) is 5.04. The van der Waals surface area contributed by atoms with Crippen LogP contribution in [0.5, 0.6) is 0 Å². The van der Waals surface area contributed by atoms with Gasteiger partial charge in [0.15, 0.2) is 5.82 Å². The minimum atomic E-state index is -2.80. The SMILES string of the molecule is C[C@@H](C(=O)Nc1cc(C2CC3(COC3)C2)[nH]n1)c1cnn(-c2cc(F)cc(C(F)F)c2)c1. The van der Waals surface area contributed by atoms with Gasteiger partial charge in [-0.3, -0.25) is 9.89 Å². The zero-order chi connectivity index (χ0) is 22.5. The van der Waals surface area contributed by atoms with E-state index in [1.54, 1.807) is 6.92 Å². The molecule has 0 bridgehead atoms. The Bertz CT molecular complexity index is 1150.